The van der Waals surface area contributed by atoms with Crippen molar-refractivity contribution in [2.75, 3.05) is 0 Å². The third-order valence-electron chi connectivity index (χ3n) is 9.15. The van der Waals surface area contributed by atoms with Crippen molar-refractivity contribution in [3.8, 4) is 22.3 Å². The van der Waals surface area contributed by atoms with Gasteiger partial charge < -0.3 is 0 Å². The van der Waals surface area contributed by atoms with Crippen LogP contribution in [0.15, 0.2) is 168 Å². The zero-order valence-electron chi connectivity index (χ0n) is 25.7. The average Bonchev–Trinajstić information content (AvgIpc) is 3.14. The lowest BCUT2D eigenvalue weighted by atomic mass is 9.83. The fraction of sp³-hybridized carbons (Fsp3) is 0.0930. The van der Waals surface area contributed by atoms with Crippen LogP contribution in [0.5, 0.6) is 0 Å². The minimum Gasteiger partial charge on any atom is -0.257 e. The second-order valence-electron chi connectivity index (χ2n) is 11.9. The van der Waals surface area contributed by atoms with E-state index >= 15 is 0 Å². The van der Waals surface area contributed by atoms with Crippen LogP contribution in [0.4, 0.5) is 0 Å². The number of aromatic nitrogens is 1. The van der Waals surface area contributed by atoms with Gasteiger partial charge in [-0.15, -0.1) is 0 Å². The van der Waals surface area contributed by atoms with E-state index in [1.165, 1.54) is 27.5 Å². The number of hydrogen-bond acceptors (Lipinski definition) is 3. The molecule has 3 nitrogen and oxygen atoms in total. The van der Waals surface area contributed by atoms with Crippen LogP contribution in [0, 0.1) is 5.92 Å². The molecule has 46 heavy (non-hydrogen) atoms. The van der Waals surface area contributed by atoms with E-state index in [0.29, 0.717) is 0 Å². The van der Waals surface area contributed by atoms with Gasteiger partial charge in [0.25, 0.3) is 0 Å². The van der Waals surface area contributed by atoms with Gasteiger partial charge in [-0.1, -0.05) is 153 Å². The third-order valence-corrected chi connectivity index (χ3v) is 9.15. The Morgan fingerprint density at radius 3 is 2.04 bits per heavy atom. The summed E-state index contributed by atoms with van der Waals surface area (Å²) in [6, 6.07) is 53.7. The number of fused-ring (bicyclic) bond motifs is 2. The van der Waals surface area contributed by atoms with Crippen LogP contribution in [-0.4, -0.2) is 16.5 Å². The highest BCUT2D eigenvalue weighted by Crippen LogP contribution is 2.41. The van der Waals surface area contributed by atoms with E-state index in [1.807, 2.05) is 12.3 Å². The van der Waals surface area contributed by atoms with Crippen LogP contribution >= 0.6 is 0 Å². The predicted molar refractivity (Wildman–Crippen MR) is 193 cm³/mol. The first-order chi connectivity index (χ1) is 22.8. The average molecular weight is 592 g/mol. The second-order valence-corrected chi connectivity index (χ2v) is 11.9. The van der Waals surface area contributed by atoms with Gasteiger partial charge in [0.1, 0.15) is 0 Å². The number of hydrogen-bond donors (Lipinski definition) is 0. The maximum atomic E-state index is 5.32. The Hall–Kier alpha value is -5.67. The SMILES string of the molecule is CCC1C(c2ccccc2)=NC(c2ccc(-c3c(-c4cccc5cccnc45)ccc4ccccc34)cc2)=NC1c1ccccc1. The van der Waals surface area contributed by atoms with Crippen molar-refractivity contribution >= 4 is 33.2 Å². The number of pyridine rings is 1. The molecule has 6 aromatic carbocycles. The molecule has 0 fully saturated rings. The molecule has 0 saturated heterocycles. The molecule has 7 aromatic rings. The van der Waals surface area contributed by atoms with Crippen molar-refractivity contribution < 1.29 is 0 Å². The number of benzene rings is 6. The molecule has 8 rings (SSSR count). The summed E-state index contributed by atoms with van der Waals surface area (Å²) in [5, 5.41) is 3.56. The Morgan fingerprint density at radius 1 is 0.543 bits per heavy atom. The second kappa shape index (κ2) is 12.0. The van der Waals surface area contributed by atoms with E-state index < -0.39 is 0 Å². The summed E-state index contributed by atoms with van der Waals surface area (Å²) in [5.74, 6) is 0.973. The van der Waals surface area contributed by atoms with Gasteiger partial charge in [-0.25, -0.2) is 4.99 Å². The molecule has 1 aromatic heterocycles. The molecule has 3 heteroatoms. The summed E-state index contributed by atoms with van der Waals surface area (Å²) in [4.78, 5) is 15.4. The first-order valence-electron chi connectivity index (χ1n) is 16.0. The van der Waals surface area contributed by atoms with E-state index in [0.717, 1.165) is 51.1 Å². The summed E-state index contributed by atoms with van der Waals surface area (Å²) in [5.41, 5.74) is 10.2. The first-order valence-corrected chi connectivity index (χ1v) is 16.0. The molecule has 0 aliphatic carbocycles. The highest BCUT2D eigenvalue weighted by atomic mass is 15.0. The lowest BCUT2D eigenvalue weighted by Crippen LogP contribution is -2.28. The minimum absolute atomic E-state index is 0.00267. The highest BCUT2D eigenvalue weighted by Gasteiger charge is 2.31. The fourth-order valence-corrected chi connectivity index (χ4v) is 6.91. The minimum atomic E-state index is -0.00267. The lowest BCUT2D eigenvalue weighted by Gasteiger charge is -2.30. The summed E-state index contributed by atoms with van der Waals surface area (Å²) < 4.78 is 0. The topological polar surface area (TPSA) is 37.6 Å². The number of para-hydroxylation sites is 1. The van der Waals surface area contributed by atoms with E-state index in [2.05, 4.69) is 153 Å². The molecule has 0 amide bonds. The maximum absolute atomic E-state index is 5.32. The summed E-state index contributed by atoms with van der Waals surface area (Å²) >= 11 is 0. The maximum Gasteiger partial charge on any atom is 0.155 e. The van der Waals surface area contributed by atoms with Crippen molar-refractivity contribution in [3.05, 3.63) is 175 Å². The molecule has 0 radical (unpaired) electrons. The molecule has 0 bridgehead atoms. The van der Waals surface area contributed by atoms with Gasteiger partial charge in [0.15, 0.2) is 5.84 Å². The molecule has 2 unspecified atom stereocenters. The largest absolute Gasteiger partial charge is 0.257 e. The van der Waals surface area contributed by atoms with Crippen molar-refractivity contribution in [3.63, 3.8) is 0 Å². The van der Waals surface area contributed by atoms with Gasteiger partial charge in [-0.3, -0.25) is 9.98 Å². The van der Waals surface area contributed by atoms with Gasteiger partial charge >= 0.3 is 0 Å². The zero-order chi connectivity index (χ0) is 30.9. The van der Waals surface area contributed by atoms with Crippen LogP contribution < -0.4 is 0 Å². The number of aliphatic imine (C=N–C) groups is 2. The van der Waals surface area contributed by atoms with Crippen molar-refractivity contribution in [2.24, 2.45) is 15.9 Å². The quantitative estimate of drug-likeness (QED) is 0.190. The molecule has 0 spiro atoms. The van der Waals surface area contributed by atoms with Crippen molar-refractivity contribution in [1.29, 1.82) is 0 Å². The Morgan fingerprint density at radius 2 is 1.24 bits per heavy atom. The summed E-state index contributed by atoms with van der Waals surface area (Å²) in [6.45, 7) is 2.24. The van der Waals surface area contributed by atoms with E-state index in [9.17, 15) is 0 Å². The molecular weight excluding hydrogens is 558 g/mol. The van der Waals surface area contributed by atoms with Gasteiger partial charge in [0, 0.05) is 28.6 Å². The standard InChI is InChI=1S/C43H33N3/c1-2-35-41(32-14-5-3-6-15-32)45-43(46-42(35)33-16-7-4-8-17-33)34-24-22-30(23-25-34)39-36-20-10-9-13-29(36)26-27-37(39)38-21-11-18-31-19-12-28-44-40(31)38/h3-28,35,41H,2H2,1H3. The van der Waals surface area contributed by atoms with E-state index in [1.54, 1.807) is 0 Å². The van der Waals surface area contributed by atoms with Crippen LogP contribution in [0.3, 0.4) is 0 Å². The molecule has 1 aliphatic heterocycles. The molecular formula is C43H33N3. The normalized spacial score (nSPS) is 16.3. The molecule has 0 saturated carbocycles. The Labute approximate surface area is 269 Å². The fourth-order valence-electron chi connectivity index (χ4n) is 6.91. The van der Waals surface area contributed by atoms with Crippen LogP contribution in [0.1, 0.15) is 36.1 Å². The first kappa shape index (κ1) is 27.8. The highest BCUT2D eigenvalue weighted by molar-refractivity contribution is 6.15. The smallest absolute Gasteiger partial charge is 0.155 e. The van der Waals surface area contributed by atoms with Gasteiger partial charge in [0.05, 0.1) is 17.3 Å². The van der Waals surface area contributed by atoms with Gasteiger partial charge in [-0.05, 0) is 51.1 Å². The van der Waals surface area contributed by atoms with Gasteiger partial charge in [-0.2, -0.15) is 0 Å². The molecule has 2 atom stereocenters. The van der Waals surface area contributed by atoms with Crippen LogP contribution in [-0.2, 0) is 0 Å². The lowest BCUT2D eigenvalue weighted by molar-refractivity contribution is 0.532. The summed E-state index contributed by atoms with van der Waals surface area (Å²) in [7, 11) is 0. The van der Waals surface area contributed by atoms with Crippen LogP contribution in [0.2, 0.25) is 0 Å². The van der Waals surface area contributed by atoms with Crippen LogP contribution in [0.25, 0.3) is 43.9 Å². The third kappa shape index (κ3) is 5.00. The van der Waals surface area contributed by atoms with E-state index in [-0.39, 0.29) is 12.0 Å². The summed E-state index contributed by atoms with van der Waals surface area (Å²) in [6.07, 6.45) is 2.83. The zero-order valence-corrected chi connectivity index (χ0v) is 25.7. The van der Waals surface area contributed by atoms with Crippen molar-refractivity contribution in [1.82, 2.24) is 4.98 Å². The number of nitrogens with zero attached hydrogens (tertiary/aromatic N) is 3. The molecule has 0 N–H and O–H groups in total. The van der Waals surface area contributed by atoms with E-state index in [4.69, 9.17) is 15.0 Å². The Kier molecular flexibility index (Phi) is 7.28. The molecule has 220 valence electrons. The Balaban J connectivity index is 1.27. The number of amidine groups is 1. The number of rotatable bonds is 6. The van der Waals surface area contributed by atoms with Gasteiger partial charge in [0.2, 0.25) is 0 Å². The van der Waals surface area contributed by atoms with Crippen molar-refractivity contribution in [2.45, 2.75) is 19.4 Å². The Bertz CT molecular complexity index is 2230. The molecule has 2 heterocycles. The monoisotopic (exact) mass is 591 g/mol. The predicted octanol–water partition coefficient (Wildman–Crippen LogP) is 10.7. The molecule has 1 aliphatic rings.